The van der Waals surface area contributed by atoms with Crippen LogP contribution in [0.15, 0.2) is 29.2 Å². The third kappa shape index (κ3) is 2.80. The third-order valence-electron chi connectivity index (χ3n) is 3.53. The van der Waals surface area contributed by atoms with Crippen LogP contribution in [-0.4, -0.2) is 26.4 Å². The molecule has 0 saturated carbocycles. The van der Waals surface area contributed by atoms with Crippen LogP contribution in [0.4, 0.5) is 0 Å². The Morgan fingerprint density at radius 1 is 1.33 bits per heavy atom. The van der Waals surface area contributed by atoms with Gasteiger partial charge in [0.25, 0.3) is 0 Å². The second-order valence-corrected chi connectivity index (χ2v) is 5.13. The molecule has 0 aliphatic carbocycles. The van der Waals surface area contributed by atoms with E-state index in [-0.39, 0.29) is 0 Å². The van der Waals surface area contributed by atoms with Gasteiger partial charge in [-0.25, -0.2) is 9.61 Å². The van der Waals surface area contributed by atoms with Crippen LogP contribution in [-0.2, 0) is 13.1 Å². The largest absolute Gasteiger partial charge is 0.326 e. The van der Waals surface area contributed by atoms with Gasteiger partial charge in [-0.3, -0.25) is 0 Å². The molecule has 3 rings (SSSR count). The van der Waals surface area contributed by atoms with E-state index in [1.54, 1.807) is 0 Å². The maximum atomic E-state index is 4.77. The minimum atomic E-state index is 0.622. The lowest BCUT2D eigenvalue weighted by molar-refractivity contribution is 0.300. The Labute approximate surface area is 123 Å². The maximum absolute atomic E-state index is 4.77. The standard InChI is InChI=1S/C15H19N5O/c1-3-6-16-8-12-9-20(10-14-11(2)18-21-19-14)15-13(12)5-4-7-17-15/h4-5,7,9,16H,3,6,8,10H2,1-2H3. The molecule has 0 aliphatic rings. The minimum absolute atomic E-state index is 0.622. The minimum Gasteiger partial charge on any atom is -0.326 e. The van der Waals surface area contributed by atoms with Crippen molar-refractivity contribution in [1.82, 2.24) is 25.2 Å². The quantitative estimate of drug-likeness (QED) is 0.704. The van der Waals surface area contributed by atoms with E-state index in [1.807, 2.05) is 19.2 Å². The summed E-state index contributed by atoms with van der Waals surface area (Å²) in [5.74, 6) is 0. The molecule has 0 atom stereocenters. The van der Waals surface area contributed by atoms with E-state index >= 15 is 0 Å². The lowest BCUT2D eigenvalue weighted by Crippen LogP contribution is -2.13. The molecule has 110 valence electrons. The summed E-state index contributed by atoms with van der Waals surface area (Å²) in [6.45, 7) is 6.54. The van der Waals surface area contributed by atoms with Gasteiger partial charge < -0.3 is 9.88 Å². The van der Waals surface area contributed by atoms with Gasteiger partial charge in [0, 0.05) is 24.3 Å². The number of pyridine rings is 1. The highest BCUT2D eigenvalue weighted by molar-refractivity contribution is 5.80. The average Bonchev–Trinajstić information content (AvgIpc) is 3.05. The molecule has 0 saturated heterocycles. The van der Waals surface area contributed by atoms with Crippen LogP contribution in [0, 0.1) is 6.92 Å². The second kappa shape index (κ2) is 6.05. The average molecular weight is 285 g/mol. The molecule has 0 bridgehead atoms. The molecule has 0 amide bonds. The van der Waals surface area contributed by atoms with Gasteiger partial charge in [-0.05, 0) is 37.6 Å². The molecule has 1 N–H and O–H groups in total. The Hall–Kier alpha value is -2.21. The predicted octanol–water partition coefficient (Wildman–Crippen LogP) is 2.28. The van der Waals surface area contributed by atoms with E-state index in [4.69, 9.17) is 4.63 Å². The van der Waals surface area contributed by atoms with Crippen molar-refractivity contribution in [2.75, 3.05) is 6.54 Å². The first-order valence-electron chi connectivity index (χ1n) is 7.21. The number of hydrogen-bond acceptors (Lipinski definition) is 5. The Morgan fingerprint density at radius 2 is 2.24 bits per heavy atom. The zero-order valence-corrected chi connectivity index (χ0v) is 12.3. The van der Waals surface area contributed by atoms with Gasteiger partial charge >= 0.3 is 0 Å². The van der Waals surface area contributed by atoms with E-state index in [9.17, 15) is 0 Å². The van der Waals surface area contributed by atoms with Gasteiger partial charge in [0.05, 0.1) is 6.54 Å². The summed E-state index contributed by atoms with van der Waals surface area (Å²) >= 11 is 0. The van der Waals surface area contributed by atoms with Crippen LogP contribution in [0.25, 0.3) is 11.0 Å². The summed E-state index contributed by atoms with van der Waals surface area (Å²) in [6, 6.07) is 4.08. The predicted molar refractivity (Wildman–Crippen MR) is 79.9 cm³/mol. The first-order valence-corrected chi connectivity index (χ1v) is 7.21. The monoisotopic (exact) mass is 285 g/mol. The lowest BCUT2D eigenvalue weighted by Gasteiger charge is -2.01. The van der Waals surface area contributed by atoms with Crippen LogP contribution < -0.4 is 5.32 Å². The molecule has 6 heteroatoms. The molecule has 0 aliphatic heterocycles. The van der Waals surface area contributed by atoms with Crippen molar-refractivity contribution in [2.24, 2.45) is 0 Å². The van der Waals surface area contributed by atoms with E-state index in [0.717, 1.165) is 36.5 Å². The maximum Gasteiger partial charge on any atom is 0.140 e. The molecule has 0 aromatic carbocycles. The van der Waals surface area contributed by atoms with E-state index in [0.29, 0.717) is 6.54 Å². The lowest BCUT2D eigenvalue weighted by atomic mass is 10.2. The van der Waals surface area contributed by atoms with Crippen molar-refractivity contribution < 1.29 is 4.63 Å². The second-order valence-electron chi connectivity index (χ2n) is 5.13. The van der Waals surface area contributed by atoms with Crippen molar-refractivity contribution in [1.29, 1.82) is 0 Å². The molecule has 3 aromatic rings. The van der Waals surface area contributed by atoms with E-state index < -0.39 is 0 Å². The van der Waals surface area contributed by atoms with E-state index in [1.165, 1.54) is 10.9 Å². The Balaban J connectivity index is 1.93. The molecule has 0 spiro atoms. The van der Waals surface area contributed by atoms with Crippen molar-refractivity contribution in [2.45, 2.75) is 33.4 Å². The Bertz CT molecular complexity index is 731. The number of aromatic nitrogens is 4. The SMILES string of the molecule is CCCNCc1cn(Cc2nonc2C)c2ncccc12. The molecule has 21 heavy (non-hydrogen) atoms. The number of hydrogen-bond donors (Lipinski definition) is 1. The van der Waals surface area contributed by atoms with Gasteiger partial charge in [0.1, 0.15) is 17.0 Å². The number of nitrogens with zero attached hydrogens (tertiary/aromatic N) is 4. The Kier molecular flexibility index (Phi) is 3.96. The Morgan fingerprint density at radius 3 is 3.00 bits per heavy atom. The highest BCUT2D eigenvalue weighted by atomic mass is 16.6. The van der Waals surface area contributed by atoms with Crippen LogP contribution in [0.5, 0.6) is 0 Å². The fraction of sp³-hybridized carbons (Fsp3) is 0.400. The number of nitrogens with one attached hydrogen (secondary N) is 1. The molecular formula is C15H19N5O. The summed E-state index contributed by atoms with van der Waals surface area (Å²) in [7, 11) is 0. The zero-order valence-electron chi connectivity index (χ0n) is 12.3. The molecular weight excluding hydrogens is 266 g/mol. The molecule has 6 nitrogen and oxygen atoms in total. The van der Waals surface area contributed by atoms with Crippen LogP contribution in [0.3, 0.4) is 0 Å². The molecule has 0 radical (unpaired) electrons. The smallest absolute Gasteiger partial charge is 0.140 e. The fourth-order valence-corrected chi connectivity index (χ4v) is 2.41. The number of aryl methyl sites for hydroxylation is 1. The molecule has 0 unspecified atom stereocenters. The van der Waals surface area contributed by atoms with Crippen molar-refractivity contribution in [3.8, 4) is 0 Å². The molecule has 0 fully saturated rings. The van der Waals surface area contributed by atoms with Gasteiger partial charge in [0.2, 0.25) is 0 Å². The number of fused-ring (bicyclic) bond motifs is 1. The van der Waals surface area contributed by atoms with Gasteiger partial charge in [-0.2, -0.15) is 0 Å². The van der Waals surface area contributed by atoms with Gasteiger partial charge in [-0.15, -0.1) is 0 Å². The van der Waals surface area contributed by atoms with E-state index in [2.05, 4.69) is 44.4 Å². The summed E-state index contributed by atoms with van der Waals surface area (Å²) < 4.78 is 6.87. The molecule has 3 heterocycles. The third-order valence-corrected chi connectivity index (χ3v) is 3.53. The normalized spacial score (nSPS) is 11.3. The summed E-state index contributed by atoms with van der Waals surface area (Å²) in [5.41, 5.74) is 3.87. The summed E-state index contributed by atoms with van der Waals surface area (Å²) in [4.78, 5) is 4.50. The number of rotatable bonds is 6. The van der Waals surface area contributed by atoms with Gasteiger partial charge in [-0.1, -0.05) is 17.2 Å². The first-order chi connectivity index (χ1) is 10.3. The highest BCUT2D eigenvalue weighted by Crippen LogP contribution is 2.20. The van der Waals surface area contributed by atoms with Crippen molar-refractivity contribution in [3.05, 3.63) is 41.5 Å². The topological polar surface area (TPSA) is 68.8 Å². The summed E-state index contributed by atoms with van der Waals surface area (Å²) in [5, 5.41) is 12.4. The molecule has 3 aromatic heterocycles. The first kappa shape index (κ1) is 13.8. The summed E-state index contributed by atoms with van der Waals surface area (Å²) in [6.07, 6.45) is 5.07. The van der Waals surface area contributed by atoms with Crippen LogP contribution >= 0.6 is 0 Å². The highest BCUT2D eigenvalue weighted by Gasteiger charge is 2.12. The fourth-order valence-electron chi connectivity index (χ4n) is 2.41. The van der Waals surface area contributed by atoms with Crippen molar-refractivity contribution in [3.63, 3.8) is 0 Å². The van der Waals surface area contributed by atoms with Gasteiger partial charge in [0.15, 0.2) is 0 Å². The van der Waals surface area contributed by atoms with Crippen LogP contribution in [0.2, 0.25) is 0 Å². The van der Waals surface area contributed by atoms with Crippen LogP contribution in [0.1, 0.15) is 30.3 Å². The zero-order chi connectivity index (χ0) is 14.7. The van der Waals surface area contributed by atoms with Crippen molar-refractivity contribution >= 4 is 11.0 Å².